The summed E-state index contributed by atoms with van der Waals surface area (Å²) in [5.41, 5.74) is 0. The van der Waals surface area contributed by atoms with Gasteiger partial charge in [0.15, 0.2) is 12.1 Å². The van der Waals surface area contributed by atoms with Crippen LogP contribution < -0.4 is 0 Å². The van der Waals surface area contributed by atoms with Gasteiger partial charge in [-0.3, -0.25) is 0 Å². The summed E-state index contributed by atoms with van der Waals surface area (Å²) in [6.45, 7) is 10.2. The van der Waals surface area contributed by atoms with Gasteiger partial charge in [0.1, 0.15) is 0 Å². The number of hydrogen-bond donors (Lipinski definition) is 0. The van der Waals surface area contributed by atoms with Gasteiger partial charge in [0.05, 0.1) is 0 Å². The van der Waals surface area contributed by atoms with E-state index in [9.17, 15) is 0 Å². The zero-order chi connectivity index (χ0) is 10.8. The van der Waals surface area contributed by atoms with E-state index in [2.05, 4.69) is 0 Å². The molecule has 1 aliphatic heterocycles. The van der Waals surface area contributed by atoms with E-state index in [0.717, 1.165) is 6.04 Å². The molecule has 0 aromatic rings. The van der Waals surface area contributed by atoms with Crippen LogP contribution in [0.2, 0.25) is 6.04 Å². The summed E-state index contributed by atoms with van der Waals surface area (Å²) in [6, 6.07) is 0.776. The van der Waals surface area contributed by atoms with Crippen LogP contribution in [0.25, 0.3) is 0 Å². The predicted octanol–water partition coefficient (Wildman–Crippen LogP) is 2.13. The Kier molecular flexibility index (Phi) is 3.71. The Morgan fingerprint density at radius 1 is 1.36 bits per heavy atom. The van der Waals surface area contributed by atoms with Crippen LogP contribution in [-0.4, -0.2) is 27.5 Å². The molecule has 0 aliphatic carbocycles. The molecule has 0 bridgehead atoms. The quantitative estimate of drug-likeness (QED) is 0.683. The predicted molar refractivity (Wildman–Crippen MR) is 54.7 cm³/mol. The van der Waals surface area contributed by atoms with E-state index >= 15 is 0 Å². The zero-order valence-corrected chi connectivity index (χ0v) is 10.6. The van der Waals surface area contributed by atoms with E-state index in [-0.39, 0.29) is 6.29 Å². The third-order valence-electron chi connectivity index (χ3n) is 1.99. The van der Waals surface area contributed by atoms with Crippen LogP contribution in [0.1, 0.15) is 34.6 Å². The maximum Gasteiger partial charge on any atom is 0.504 e. The van der Waals surface area contributed by atoms with Crippen LogP contribution in [0.5, 0.6) is 0 Å². The van der Waals surface area contributed by atoms with E-state index in [0.29, 0.717) is 6.61 Å². The molecule has 4 nitrogen and oxygen atoms in total. The maximum absolute atomic E-state index is 5.79. The minimum Gasteiger partial charge on any atom is -0.374 e. The zero-order valence-electron chi connectivity index (χ0n) is 9.62. The summed E-state index contributed by atoms with van der Waals surface area (Å²) >= 11 is 0. The average Bonchev–Trinajstić information content (AvgIpc) is 2.00. The lowest BCUT2D eigenvalue weighted by Crippen LogP contribution is -2.59. The first kappa shape index (κ1) is 12.1. The molecule has 1 heterocycles. The van der Waals surface area contributed by atoms with Gasteiger partial charge in [-0.1, -0.05) is 6.92 Å². The standard InChI is InChI=1S/C9H20O4Si/c1-6-10-14(7-2)12-8(3)11-9(4,5)13-14/h8H,6-7H2,1-5H3. The molecular weight excluding hydrogens is 200 g/mol. The fourth-order valence-corrected chi connectivity index (χ4v) is 4.12. The fourth-order valence-electron chi connectivity index (χ4n) is 1.64. The van der Waals surface area contributed by atoms with Crippen LogP contribution in [0, 0.1) is 0 Å². The van der Waals surface area contributed by atoms with Crippen molar-refractivity contribution in [2.45, 2.75) is 52.7 Å². The topological polar surface area (TPSA) is 36.9 Å². The number of ether oxygens (including phenoxy) is 1. The van der Waals surface area contributed by atoms with Gasteiger partial charge in [0.2, 0.25) is 0 Å². The minimum absolute atomic E-state index is 0.253. The van der Waals surface area contributed by atoms with E-state index in [1.165, 1.54) is 0 Å². The van der Waals surface area contributed by atoms with Crippen molar-refractivity contribution < 1.29 is 18.0 Å². The summed E-state index contributed by atoms with van der Waals surface area (Å²) in [5, 5.41) is 0. The second kappa shape index (κ2) is 4.28. The number of hydrogen-bond acceptors (Lipinski definition) is 4. The van der Waals surface area contributed by atoms with Crippen LogP contribution >= 0.6 is 0 Å². The molecule has 2 unspecified atom stereocenters. The molecular formula is C9H20O4Si. The molecule has 1 saturated heterocycles. The van der Waals surface area contributed by atoms with Gasteiger partial charge in [-0.2, -0.15) is 0 Å². The van der Waals surface area contributed by atoms with E-state index < -0.39 is 14.6 Å². The first-order valence-corrected chi connectivity index (χ1v) is 7.06. The average molecular weight is 220 g/mol. The Bertz CT molecular complexity index is 197. The minimum atomic E-state index is -2.48. The largest absolute Gasteiger partial charge is 0.504 e. The highest BCUT2D eigenvalue weighted by Gasteiger charge is 2.50. The van der Waals surface area contributed by atoms with Crippen molar-refractivity contribution in [3.05, 3.63) is 0 Å². The Morgan fingerprint density at radius 2 is 2.00 bits per heavy atom. The highest BCUT2D eigenvalue weighted by Crippen LogP contribution is 2.31. The lowest BCUT2D eigenvalue weighted by Gasteiger charge is -2.44. The van der Waals surface area contributed by atoms with Crippen molar-refractivity contribution in [1.29, 1.82) is 0 Å². The van der Waals surface area contributed by atoms with Crippen LogP contribution in [0.4, 0.5) is 0 Å². The molecule has 0 saturated carbocycles. The van der Waals surface area contributed by atoms with Gasteiger partial charge in [0.25, 0.3) is 0 Å². The highest BCUT2D eigenvalue weighted by molar-refractivity contribution is 6.60. The molecule has 5 heteroatoms. The molecule has 1 rings (SSSR count). The van der Waals surface area contributed by atoms with Crippen molar-refractivity contribution in [3.63, 3.8) is 0 Å². The van der Waals surface area contributed by atoms with Gasteiger partial charge >= 0.3 is 8.80 Å². The van der Waals surface area contributed by atoms with Crippen molar-refractivity contribution in [2.75, 3.05) is 6.61 Å². The summed E-state index contributed by atoms with van der Waals surface area (Å²) < 4.78 is 22.6. The van der Waals surface area contributed by atoms with Gasteiger partial charge in [-0.15, -0.1) is 0 Å². The lowest BCUT2D eigenvalue weighted by molar-refractivity contribution is -0.301. The smallest absolute Gasteiger partial charge is 0.374 e. The van der Waals surface area contributed by atoms with Crippen molar-refractivity contribution in [2.24, 2.45) is 0 Å². The Hall–Kier alpha value is 0.0569. The number of rotatable bonds is 3. The van der Waals surface area contributed by atoms with Gasteiger partial charge in [-0.25, -0.2) is 0 Å². The molecule has 1 aliphatic rings. The molecule has 14 heavy (non-hydrogen) atoms. The molecule has 0 amide bonds. The Balaban J connectivity index is 2.75. The molecule has 0 spiro atoms. The molecule has 1 fully saturated rings. The van der Waals surface area contributed by atoms with E-state index in [1.54, 1.807) is 0 Å². The first-order chi connectivity index (χ1) is 6.43. The molecule has 0 aromatic heterocycles. The molecule has 0 N–H and O–H groups in total. The molecule has 0 aromatic carbocycles. The highest BCUT2D eigenvalue weighted by atomic mass is 28.4. The third kappa shape index (κ3) is 2.77. The van der Waals surface area contributed by atoms with Crippen molar-refractivity contribution >= 4 is 8.80 Å². The summed E-state index contributed by atoms with van der Waals surface area (Å²) in [4.78, 5) is 0. The second-order valence-corrected chi connectivity index (χ2v) is 6.58. The Labute approximate surface area is 86.9 Å². The Morgan fingerprint density at radius 3 is 2.43 bits per heavy atom. The first-order valence-electron chi connectivity index (χ1n) is 5.13. The van der Waals surface area contributed by atoms with Gasteiger partial charge in [0, 0.05) is 12.7 Å². The van der Waals surface area contributed by atoms with Crippen molar-refractivity contribution in [1.82, 2.24) is 0 Å². The monoisotopic (exact) mass is 220 g/mol. The third-order valence-corrected chi connectivity index (χ3v) is 5.08. The van der Waals surface area contributed by atoms with Crippen molar-refractivity contribution in [3.8, 4) is 0 Å². The van der Waals surface area contributed by atoms with Gasteiger partial charge in [-0.05, 0) is 27.7 Å². The maximum atomic E-state index is 5.79. The fraction of sp³-hybridized carbons (Fsp3) is 1.00. The SMILES string of the molecule is CCO[Si]1(CC)OC(C)OC(C)(C)O1. The molecule has 0 radical (unpaired) electrons. The van der Waals surface area contributed by atoms with Gasteiger partial charge < -0.3 is 18.0 Å². The van der Waals surface area contributed by atoms with Crippen LogP contribution in [-0.2, 0) is 18.0 Å². The summed E-state index contributed by atoms with van der Waals surface area (Å²) in [7, 11) is -2.48. The summed E-state index contributed by atoms with van der Waals surface area (Å²) in [6.07, 6.45) is -0.253. The van der Waals surface area contributed by atoms with E-state index in [4.69, 9.17) is 18.0 Å². The normalized spacial score (nSPS) is 37.1. The molecule has 2 atom stereocenters. The van der Waals surface area contributed by atoms with E-state index in [1.807, 2.05) is 34.6 Å². The summed E-state index contributed by atoms with van der Waals surface area (Å²) in [5.74, 6) is -0.602. The molecule has 84 valence electrons. The van der Waals surface area contributed by atoms with Crippen LogP contribution in [0.3, 0.4) is 0 Å². The van der Waals surface area contributed by atoms with Crippen LogP contribution in [0.15, 0.2) is 0 Å². The lowest BCUT2D eigenvalue weighted by atomic mass is 10.4. The second-order valence-electron chi connectivity index (χ2n) is 3.77.